The van der Waals surface area contributed by atoms with E-state index in [0.717, 1.165) is 31.8 Å². The van der Waals surface area contributed by atoms with E-state index in [1.54, 1.807) is 0 Å². The van der Waals surface area contributed by atoms with Crippen LogP contribution in [0.5, 0.6) is 0 Å². The van der Waals surface area contributed by atoms with Gasteiger partial charge in [0, 0.05) is 12.6 Å². The number of halogens is 1. The van der Waals surface area contributed by atoms with Gasteiger partial charge in [0.1, 0.15) is 0 Å². The molecular weight excluding hydrogens is 404 g/mol. The van der Waals surface area contributed by atoms with Crippen molar-refractivity contribution in [1.29, 1.82) is 0 Å². The molecule has 1 unspecified atom stereocenters. The highest BCUT2D eigenvalue weighted by Gasteiger charge is 2.39. The predicted molar refractivity (Wildman–Crippen MR) is 133 cm³/mol. The van der Waals surface area contributed by atoms with Crippen molar-refractivity contribution in [2.75, 3.05) is 13.1 Å². The molecule has 0 heterocycles. The van der Waals surface area contributed by atoms with Crippen molar-refractivity contribution in [3.05, 3.63) is 41.8 Å². The van der Waals surface area contributed by atoms with Gasteiger partial charge in [-0.25, -0.2) is 0 Å². The Bertz CT molecular complexity index is 714. The fourth-order valence-corrected chi connectivity index (χ4v) is 5.46. The van der Waals surface area contributed by atoms with Gasteiger partial charge >= 0.3 is 0 Å². The summed E-state index contributed by atoms with van der Waals surface area (Å²) < 4.78 is 0. The molecule has 1 amide bonds. The first-order valence-corrected chi connectivity index (χ1v) is 12.4. The van der Waals surface area contributed by atoms with Crippen molar-refractivity contribution in [3.8, 4) is 0 Å². The maximum atomic E-state index is 12.9. The number of nitrogens with one attached hydrogen (secondary N) is 2. The van der Waals surface area contributed by atoms with Crippen LogP contribution in [-0.4, -0.2) is 25.0 Å². The zero-order chi connectivity index (χ0) is 21.8. The molecule has 0 saturated heterocycles. The number of carbonyl (C=O) groups is 1. The van der Waals surface area contributed by atoms with Crippen LogP contribution < -0.4 is 10.6 Å². The summed E-state index contributed by atoms with van der Waals surface area (Å²) in [5.74, 6) is 0.870. The first-order valence-electron chi connectivity index (χ1n) is 12.0. The standard InChI is InChI=1S/C26H41ClN2O.CH2/c1-19(25(2,3)4)28-15-7-10-20-11-12-23(27)22(16-20)24(30)29-18-26-13-5-8-21(17-26)9-6-14-26;/h11-12,16,19,21,28H,5-10,13-15,17-18H2,1-4H3,(H,29,30);1H2. The van der Waals surface area contributed by atoms with Crippen molar-refractivity contribution >= 4 is 17.5 Å². The number of carbonyl (C=O) groups excluding carboxylic acids is 1. The fourth-order valence-electron chi connectivity index (χ4n) is 5.25. The topological polar surface area (TPSA) is 41.1 Å². The van der Waals surface area contributed by atoms with Crippen molar-refractivity contribution in [2.45, 2.75) is 91.5 Å². The summed E-state index contributed by atoms with van der Waals surface area (Å²) in [5, 5.41) is 7.41. The van der Waals surface area contributed by atoms with E-state index in [2.05, 4.69) is 44.4 Å². The Morgan fingerprint density at radius 1 is 1.23 bits per heavy atom. The van der Waals surface area contributed by atoms with Gasteiger partial charge in [-0.05, 0) is 80.0 Å². The first-order chi connectivity index (χ1) is 14.2. The Kier molecular flexibility index (Phi) is 9.45. The summed E-state index contributed by atoms with van der Waals surface area (Å²) in [4.78, 5) is 12.9. The SMILES string of the molecule is CC(NCCCc1ccc(Cl)c(C(=O)NCC23CCCC(CCC2)C3)c1)C(C)(C)C.[CH2]. The number of amides is 1. The van der Waals surface area contributed by atoms with Crippen LogP contribution in [0, 0.1) is 24.2 Å². The average Bonchev–Trinajstić information content (AvgIpc) is 2.70. The largest absolute Gasteiger partial charge is 0.351 e. The second-order valence-electron chi connectivity index (χ2n) is 11.0. The lowest BCUT2D eigenvalue weighted by atomic mass is 9.62. The number of benzene rings is 1. The zero-order valence-electron chi connectivity index (χ0n) is 20.2. The minimum Gasteiger partial charge on any atom is -0.351 e. The Labute approximate surface area is 196 Å². The van der Waals surface area contributed by atoms with Gasteiger partial charge in [0.15, 0.2) is 0 Å². The lowest BCUT2D eigenvalue weighted by Crippen LogP contribution is -2.43. The van der Waals surface area contributed by atoms with Gasteiger partial charge in [-0.15, -0.1) is 0 Å². The summed E-state index contributed by atoms with van der Waals surface area (Å²) in [7, 11) is 0. The quantitative estimate of drug-likeness (QED) is 0.435. The Morgan fingerprint density at radius 2 is 1.90 bits per heavy atom. The molecule has 2 N–H and O–H groups in total. The number of hydrogen-bond acceptors (Lipinski definition) is 2. The molecule has 1 atom stereocenters. The van der Waals surface area contributed by atoms with Crippen molar-refractivity contribution in [2.24, 2.45) is 16.7 Å². The van der Waals surface area contributed by atoms with Crippen LogP contribution in [0.4, 0.5) is 0 Å². The Balaban J connectivity index is 0.00000341. The van der Waals surface area contributed by atoms with Crippen LogP contribution in [-0.2, 0) is 6.42 Å². The third-order valence-corrected chi connectivity index (χ3v) is 7.98. The van der Waals surface area contributed by atoms with Crippen LogP contribution in [0.15, 0.2) is 18.2 Å². The summed E-state index contributed by atoms with van der Waals surface area (Å²) in [6.45, 7) is 10.8. The molecule has 1 aromatic carbocycles. The van der Waals surface area contributed by atoms with Gasteiger partial charge in [0.05, 0.1) is 10.6 Å². The zero-order valence-corrected chi connectivity index (χ0v) is 20.9. The minimum atomic E-state index is -0.0107. The van der Waals surface area contributed by atoms with Crippen LogP contribution in [0.2, 0.25) is 5.02 Å². The minimum absolute atomic E-state index is 0. The first kappa shape index (κ1) is 26.2. The highest BCUT2D eigenvalue weighted by atomic mass is 35.5. The lowest BCUT2D eigenvalue weighted by Gasteiger charge is -2.45. The van der Waals surface area contributed by atoms with Gasteiger partial charge in [0.25, 0.3) is 5.91 Å². The maximum Gasteiger partial charge on any atom is 0.252 e. The van der Waals surface area contributed by atoms with E-state index < -0.39 is 0 Å². The van der Waals surface area contributed by atoms with E-state index in [1.807, 2.05) is 12.1 Å². The molecule has 0 aromatic heterocycles. The fraction of sp³-hybridized carbons (Fsp3) is 0.704. The van der Waals surface area contributed by atoms with Crippen LogP contribution in [0.3, 0.4) is 0 Å². The molecule has 2 bridgehead atoms. The normalized spacial score (nSPS) is 24.2. The smallest absolute Gasteiger partial charge is 0.252 e. The molecule has 3 rings (SSSR count). The molecule has 0 aliphatic heterocycles. The van der Waals surface area contributed by atoms with E-state index in [1.165, 1.54) is 50.5 Å². The van der Waals surface area contributed by atoms with E-state index in [9.17, 15) is 4.79 Å². The Hall–Kier alpha value is -1.06. The number of hydrogen-bond donors (Lipinski definition) is 2. The molecule has 4 heteroatoms. The second kappa shape index (κ2) is 11.2. The molecule has 2 aliphatic carbocycles. The summed E-state index contributed by atoms with van der Waals surface area (Å²) in [6.07, 6.45) is 11.2. The molecule has 2 aliphatic rings. The van der Waals surface area contributed by atoms with Crippen molar-refractivity contribution < 1.29 is 4.79 Å². The van der Waals surface area contributed by atoms with Crippen LogP contribution >= 0.6 is 11.6 Å². The second-order valence-corrected chi connectivity index (χ2v) is 11.4. The summed E-state index contributed by atoms with van der Waals surface area (Å²) >= 11 is 6.40. The maximum absolute atomic E-state index is 12.9. The molecule has 31 heavy (non-hydrogen) atoms. The molecule has 2 radical (unpaired) electrons. The third kappa shape index (κ3) is 7.22. The monoisotopic (exact) mass is 446 g/mol. The molecule has 1 aromatic rings. The highest BCUT2D eigenvalue weighted by molar-refractivity contribution is 6.33. The van der Waals surface area contributed by atoms with Crippen molar-refractivity contribution in [3.63, 3.8) is 0 Å². The van der Waals surface area contributed by atoms with E-state index in [-0.39, 0.29) is 18.7 Å². The van der Waals surface area contributed by atoms with Gasteiger partial charge in [-0.2, -0.15) is 0 Å². The summed E-state index contributed by atoms with van der Waals surface area (Å²) in [6, 6.07) is 6.40. The van der Waals surface area contributed by atoms with Crippen LogP contribution in [0.25, 0.3) is 0 Å². The molecule has 0 spiro atoms. The number of aryl methyl sites for hydroxylation is 1. The third-order valence-electron chi connectivity index (χ3n) is 7.65. The van der Waals surface area contributed by atoms with E-state index >= 15 is 0 Å². The molecule has 3 nitrogen and oxygen atoms in total. The molecule has 2 saturated carbocycles. The molecular formula is C27H43ClN2O. The molecule has 2 fully saturated rings. The average molecular weight is 447 g/mol. The van der Waals surface area contributed by atoms with Gasteiger partial charge in [-0.3, -0.25) is 4.79 Å². The Morgan fingerprint density at radius 3 is 2.55 bits per heavy atom. The van der Waals surface area contributed by atoms with E-state index in [4.69, 9.17) is 11.6 Å². The highest BCUT2D eigenvalue weighted by Crippen LogP contribution is 2.48. The molecule has 174 valence electrons. The van der Waals surface area contributed by atoms with Gasteiger partial charge in [0.2, 0.25) is 0 Å². The van der Waals surface area contributed by atoms with Crippen LogP contribution in [0.1, 0.15) is 95.0 Å². The van der Waals surface area contributed by atoms with Gasteiger partial charge in [-0.1, -0.05) is 71.5 Å². The van der Waals surface area contributed by atoms with Crippen molar-refractivity contribution in [1.82, 2.24) is 10.6 Å². The number of fused-ring (bicyclic) bond motifs is 2. The van der Waals surface area contributed by atoms with E-state index in [0.29, 0.717) is 22.0 Å². The predicted octanol–water partition coefficient (Wildman–Crippen LogP) is 6.71. The number of rotatable bonds is 8. The van der Waals surface area contributed by atoms with Gasteiger partial charge < -0.3 is 10.6 Å². The summed E-state index contributed by atoms with van der Waals surface area (Å²) in [5.41, 5.74) is 2.41. The lowest BCUT2D eigenvalue weighted by molar-refractivity contribution is 0.0681.